The quantitative estimate of drug-likeness (QED) is 0.153. The van der Waals surface area contributed by atoms with Crippen LogP contribution in [0.3, 0.4) is 0 Å². The smallest absolute Gasteiger partial charge is 0.160 e. The lowest BCUT2D eigenvalue weighted by Gasteiger charge is -2.34. The molecule has 0 aliphatic heterocycles. The highest BCUT2D eigenvalue weighted by atomic mass is 14.9. The molecule has 1 aliphatic rings. The van der Waals surface area contributed by atoms with Crippen LogP contribution in [-0.4, -0.2) is 15.0 Å². The molecule has 0 saturated heterocycles. The first-order valence-electron chi connectivity index (χ1n) is 22.5. The van der Waals surface area contributed by atoms with Gasteiger partial charge < -0.3 is 0 Å². The molecule has 1 aliphatic carbocycles. The fourth-order valence-corrected chi connectivity index (χ4v) is 10.0. The van der Waals surface area contributed by atoms with E-state index in [-0.39, 0.29) is 0 Å². The van der Waals surface area contributed by atoms with Gasteiger partial charge in [-0.3, -0.25) is 4.98 Å². The summed E-state index contributed by atoms with van der Waals surface area (Å²) in [5.74, 6) is 0.659. The number of rotatable bonds is 8. The SMILES string of the molecule is N#Cc1ccc(C2(c3ccccc3)c3cc(-c4cc(-c5cccnc5)cc(-c5cc(-c6ccc(-c7ccccc7)cc6)nc(-c6ccccc6)n5)c4)ccc3-c3cc4ccccc4cc32)cc1. The third kappa shape index (κ3) is 6.98. The molecule has 67 heavy (non-hydrogen) atoms. The van der Waals surface area contributed by atoms with Crippen molar-refractivity contribution in [1.82, 2.24) is 15.0 Å². The molecule has 12 rings (SSSR count). The molecule has 0 saturated carbocycles. The van der Waals surface area contributed by atoms with Gasteiger partial charge in [0, 0.05) is 34.6 Å². The Balaban J connectivity index is 1.08. The molecule has 2 aromatic heterocycles. The Morgan fingerprint density at radius 2 is 0.896 bits per heavy atom. The number of nitrogens with zero attached hydrogens (tertiary/aromatic N) is 4. The van der Waals surface area contributed by atoms with Gasteiger partial charge in [-0.15, -0.1) is 0 Å². The van der Waals surface area contributed by atoms with E-state index in [1.807, 2.05) is 54.9 Å². The molecule has 2 heterocycles. The largest absolute Gasteiger partial charge is 0.264 e. The summed E-state index contributed by atoms with van der Waals surface area (Å²) in [5.41, 5.74) is 18.1. The van der Waals surface area contributed by atoms with Gasteiger partial charge in [0.25, 0.3) is 0 Å². The molecule has 0 bridgehead atoms. The third-order valence-electron chi connectivity index (χ3n) is 13.3. The summed E-state index contributed by atoms with van der Waals surface area (Å²) in [6.07, 6.45) is 3.74. The minimum Gasteiger partial charge on any atom is -0.264 e. The molecule has 0 radical (unpaired) electrons. The number of benzene rings is 9. The number of aromatic nitrogens is 3. The molecule has 4 nitrogen and oxygen atoms in total. The van der Waals surface area contributed by atoms with E-state index in [0.717, 1.165) is 67.0 Å². The molecule has 0 N–H and O–H groups in total. The maximum Gasteiger partial charge on any atom is 0.160 e. The average Bonchev–Trinajstić information content (AvgIpc) is 3.70. The first-order chi connectivity index (χ1) is 33.1. The molecule has 4 heteroatoms. The average molecular weight is 853 g/mol. The molecule has 11 aromatic rings. The van der Waals surface area contributed by atoms with Crippen LogP contribution in [0.1, 0.15) is 27.8 Å². The van der Waals surface area contributed by atoms with Crippen molar-refractivity contribution in [3.8, 4) is 84.5 Å². The van der Waals surface area contributed by atoms with Crippen LogP contribution in [0, 0.1) is 11.3 Å². The van der Waals surface area contributed by atoms with E-state index in [0.29, 0.717) is 11.4 Å². The van der Waals surface area contributed by atoms with Crippen molar-refractivity contribution in [3.63, 3.8) is 0 Å². The van der Waals surface area contributed by atoms with Crippen LogP contribution >= 0.6 is 0 Å². The fourth-order valence-electron chi connectivity index (χ4n) is 10.0. The summed E-state index contributed by atoms with van der Waals surface area (Å²) < 4.78 is 0. The normalized spacial score (nSPS) is 13.7. The zero-order chi connectivity index (χ0) is 44.7. The molecular weight excluding hydrogens is 813 g/mol. The van der Waals surface area contributed by atoms with Crippen molar-refractivity contribution in [1.29, 1.82) is 5.26 Å². The Bertz CT molecular complexity index is 3660. The van der Waals surface area contributed by atoms with Gasteiger partial charge in [0.05, 0.1) is 28.4 Å². The van der Waals surface area contributed by atoms with Crippen LogP contribution in [0.25, 0.3) is 89.2 Å². The lowest BCUT2D eigenvalue weighted by Crippen LogP contribution is -2.28. The first-order valence-corrected chi connectivity index (χ1v) is 22.5. The minimum atomic E-state index is -0.675. The monoisotopic (exact) mass is 852 g/mol. The van der Waals surface area contributed by atoms with Crippen molar-refractivity contribution < 1.29 is 0 Å². The summed E-state index contributed by atoms with van der Waals surface area (Å²) in [7, 11) is 0. The predicted molar refractivity (Wildman–Crippen MR) is 272 cm³/mol. The maximum atomic E-state index is 9.91. The second kappa shape index (κ2) is 16.5. The molecule has 312 valence electrons. The molecule has 9 aromatic carbocycles. The Hall–Kier alpha value is -9.04. The summed E-state index contributed by atoms with van der Waals surface area (Å²) in [6, 6.07) is 83.9. The number of nitriles is 1. The molecule has 0 amide bonds. The zero-order valence-corrected chi connectivity index (χ0v) is 36.4. The minimum absolute atomic E-state index is 0.630. The van der Waals surface area contributed by atoms with Crippen molar-refractivity contribution in [2.24, 2.45) is 0 Å². The maximum absolute atomic E-state index is 9.91. The molecule has 1 atom stereocenters. The summed E-state index contributed by atoms with van der Waals surface area (Å²) in [5, 5.41) is 12.3. The summed E-state index contributed by atoms with van der Waals surface area (Å²) in [6.45, 7) is 0. The van der Waals surface area contributed by atoms with E-state index in [2.05, 4.69) is 199 Å². The molecular formula is C63H40N4. The van der Waals surface area contributed by atoms with Crippen LogP contribution in [0.5, 0.6) is 0 Å². The second-order valence-electron chi connectivity index (χ2n) is 17.1. The van der Waals surface area contributed by atoms with Gasteiger partial charge in [-0.1, -0.05) is 170 Å². The highest BCUT2D eigenvalue weighted by Crippen LogP contribution is 2.57. The first kappa shape index (κ1) is 39.5. The van der Waals surface area contributed by atoms with Gasteiger partial charge in [0.2, 0.25) is 0 Å². The Morgan fingerprint density at radius 3 is 1.58 bits per heavy atom. The van der Waals surface area contributed by atoms with E-state index in [4.69, 9.17) is 9.97 Å². The number of hydrogen-bond donors (Lipinski definition) is 0. The third-order valence-corrected chi connectivity index (χ3v) is 13.3. The Morgan fingerprint density at radius 1 is 0.358 bits per heavy atom. The lowest BCUT2D eigenvalue weighted by atomic mass is 9.67. The number of hydrogen-bond acceptors (Lipinski definition) is 4. The van der Waals surface area contributed by atoms with Crippen LogP contribution in [-0.2, 0) is 5.41 Å². The van der Waals surface area contributed by atoms with Crippen LogP contribution in [0.15, 0.2) is 243 Å². The van der Waals surface area contributed by atoms with E-state index in [1.165, 1.54) is 38.6 Å². The highest BCUT2D eigenvalue weighted by Gasteiger charge is 2.46. The molecule has 0 spiro atoms. The van der Waals surface area contributed by atoms with Gasteiger partial charge in [-0.2, -0.15) is 5.26 Å². The van der Waals surface area contributed by atoms with Gasteiger partial charge in [-0.05, 0) is 133 Å². The van der Waals surface area contributed by atoms with Crippen molar-refractivity contribution in [2.45, 2.75) is 5.41 Å². The number of pyridine rings is 1. The zero-order valence-electron chi connectivity index (χ0n) is 36.4. The van der Waals surface area contributed by atoms with Gasteiger partial charge in [-0.25, -0.2) is 9.97 Å². The predicted octanol–water partition coefficient (Wildman–Crippen LogP) is 15.3. The van der Waals surface area contributed by atoms with Crippen molar-refractivity contribution in [2.75, 3.05) is 0 Å². The highest BCUT2D eigenvalue weighted by molar-refractivity contribution is 5.97. The summed E-state index contributed by atoms with van der Waals surface area (Å²) >= 11 is 0. The molecule has 1 unspecified atom stereocenters. The Labute approximate surface area is 389 Å². The van der Waals surface area contributed by atoms with Crippen molar-refractivity contribution in [3.05, 3.63) is 271 Å². The number of fused-ring (bicyclic) bond motifs is 4. The van der Waals surface area contributed by atoms with E-state index in [9.17, 15) is 5.26 Å². The van der Waals surface area contributed by atoms with E-state index < -0.39 is 5.41 Å². The molecule has 0 fully saturated rings. The van der Waals surface area contributed by atoms with Gasteiger partial charge >= 0.3 is 0 Å². The van der Waals surface area contributed by atoms with Crippen LogP contribution in [0.4, 0.5) is 0 Å². The topological polar surface area (TPSA) is 62.5 Å². The Kier molecular flexibility index (Phi) is 9.74. The summed E-state index contributed by atoms with van der Waals surface area (Å²) in [4.78, 5) is 15.0. The van der Waals surface area contributed by atoms with E-state index in [1.54, 1.807) is 0 Å². The van der Waals surface area contributed by atoms with Gasteiger partial charge in [0.15, 0.2) is 5.82 Å². The van der Waals surface area contributed by atoms with Gasteiger partial charge in [0.1, 0.15) is 0 Å². The lowest BCUT2D eigenvalue weighted by molar-refractivity contribution is 0.769. The second-order valence-corrected chi connectivity index (χ2v) is 17.1. The van der Waals surface area contributed by atoms with E-state index >= 15 is 0 Å². The van der Waals surface area contributed by atoms with Crippen LogP contribution in [0.2, 0.25) is 0 Å². The standard InChI is InChI=1S/C63H40N4/c64-40-42-22-29-55(30-23-42)63(54-20-8-3-9-21-54)58-38-49(28-31-56(58)57-36-47-17-10-11-18-48(47)37-59(57)63)51-33-52(50-19-12-32-65-41-50)35-53(34-51)61-39-60(66-62(67-61)46-15-6-2-7-16-46)45-26-24-44(25-27-45)43-13-4-1-5-14-43/h1-39,41H. The van der Waals surface area contributed by atoms with Crippen molar-refractivity contribution >= 4 is 10.8 Å². The fraction of sp³-hybridized carbons (Fsp3) is 0.0159. The van der Waals surface area contributed by atoms with Crippen LogP contribution < -0.4 is 0 Å².